The van der Waals surface area contributed by atoms with Gasteiger partial charge in [0.2, 0.25) is 0 Å². The first kappa shape index (κ1) is 7.51. The molecule has 1 saturated carbocycles. The third kappa shape index (κ3) is 1.09. The number of hydrogen-bond donors (Lipinski definition) is 1. The number of hydrogen-bond acceptors (Lipinski definition) is 2. The van der Waals surface area contributed by atoms with Crippen molar-refractivity contribution in [3.63, 3.8) is 0 Å². The summed E-state index contributed by atoms with van der Waals surface area (Å²) < 4.78 is 0. The molecule has 0 saturated heterocycles. The highest BCUT2D eigenvalue weighted by Gasteiger charge is 2.40. The number of fused-ring (bicyclic) bond motifs is 1. The van der Waals surface area contributed by atoms with E-state index in [0.717, 1.165) is 19.3 Å². The van der Waals surface area contributed by atoms with Crippen LogP contribution in [0.15, 0.2) is 12.3 Å². The van der Waals surface area contributed by atoms with Crippen molar-refractivity contribution in [2.75, 3.05) is 0 Å². The Morgan fingerprint density at radius 2 is 2.15 bits per heavy atom. The van der Waals surface area contributed by atoms with Gasteiger partial charge in [0.1, 0.15) is 0 Å². The second-order valence-corrected chi connectivity index (χ2v) is 4.34. The molecule has 0 bridgehead atoms. The van der Waals surface area contributed by atoms with Crippen molar-refractivity contribution in [1.29, 1.82) is 0 Å². The molecule has 2 heteroatoms. The van der Waals surface area contributed by atoms with E-state index in [4.69, 9.17) is 5.73 Å². The van der Waals surface area contributed by atoms with Crippen LogP contribution in [0.4, 0.5) is 0 Å². The Bertz CT molecular complexity index is 353. The van der Waals surface area contributed by atoms with Gasteiger partial charge < -0.3 is 5.73 Å². The summed E-state index contributed by atoms with van der Waals surface area (Å²) in [5.41, 5.74) is 10.1. The number of pyridine rings is 1. The summed E-state index contributed by atoms with van der Waals surface area (Å²) in [5.74, 6) is 0. The van der Waals surface area contributed by atoms with Crippen molar-refractivity contribution < 1.29 is 0 Å². The second kappa shape index (κ2) is 2.32. The van der Waals surface area contributed by atoms with Crippen molar-refractivity contribution in [3.05, 3.63) is 29.1 Å². The average Bonchev–Trinajstić information content (AvgIpc) is 2.74. The van der Waals surface area contributed by atoms with Crippen molar-refractivity contribution >= 4 is 0 Å². The largest absolute Gasteiger partial charge is 0.321 e. The van der Waals surface area contributed by atoms with Crippen LogP contribution in [0.1, 0.15) is 36.1 Å². The van der Waals surface area contributed by atoms with Crippen molar-refractivity contribution in [1.82, 2.24) is 4.98 Å². The van der Waals surface area contributed by atoms with Crippen LogP contribution >= 0.6 is 0 Å². The van der Waals surface area contributed by atoms with E-state index < -0.39 is 0 Å². The van der Waals surface area contributed by atoms with Crippen LogP contribution in [-0.4, -0.2) is 4.98 Å². The molecule has 0 radical (unpaired) electrons. The van der Waals surface area contributed by atoms with Gasteiger partial charge in [0.05, 0.1) is 0 Å². The van der Waals surface area contributed by atoms with Crippen molar-refractivity contribution in [2.45, 2.75) is 37.6 Å². The molecule has 2 aliphatic carbocycles. The van der Waals surface area contributed by atoms with Crippen molar-refractivity contribution in [2.24, 2.45) is 5.73 Å². The van der Waals surface area contributed by atoms with Gasteiger partial charge in [-0.2, -0.15) is 0 Å². The molecule has 0 amide bonds. The quantitative estimate of drug-likeness (QED) is 0.701. The zero-order valence-electron chi connectivity index (χ0n) is 7.71. The van der Waals surface area contributed by atoms with Gasteiger partial charge in [-0.25, -0.2) is 0 Å². The standard InChI is InChI=1S/C11H14N2/c12-11(4-5-11)9-6-8-2-1-3-10(8)13-7-9/h6-7H,1-5,12H2. The van der Waals surface area contributed by atoms with E-state index in [2.05, 4.69) is 11.1 Å². The molecule has 13 heavy (non-hydrogen) atoms. The predicted octanol–water partition coefficient (Wildman–Crippen LogP) is 1.52. The summed E-state index contributed by atoms with van der Waals surface area (Å²) in [6.45, 7) is 0. The van der Waals surface area contributed by atoms with Gasteiger partial charge in [-0.15, -0.1) is 0 Å². The highest BCUT2D eigenvalue weighted by atomic mass is 14.8. The molecule has 2 nitrogen and oxygen atoms in total. The molecule has 2 aliphatic rings. The molecular weight excluding hydrogens is 160 g/mol. The van der Waals surface area contributed by atoms with E-state index in [1.54, 1.807) is 0 Å². The highest BCUT2D eigenvalue weighted by molar-refractivity contribution is 5.35. The van der Waals surface area contributed by atoms with Gasteiger partial charge in [0.25, 0.3) is 0 Å². The van der Waals surface area contributed by atoms with Crippen LogP contribution in [0.25, 0.3) is 0 Å². The molecular formula is C11H14N2. The first-order valence-corrected chi connectivity index (χ1v) is 5.05. The molecule has 1 aromatic rings. The fourth-order valence-corrected chi connectivity index (χ4v) is 2.12. The van der Waals surface area contributed by atoms with Gasteiger partial charge in [-0.05, 0) is 43.2 Å². The normalized spacial score (nSPS) is 22.8. The molecule has 68 valence electrons. The van der Waals surface area contributed by atoms with Gasteiger partial charge >= 0.3 is 0 Å². The monoisotopic (exact) mass is 174 g/mol. The molecule has 0 spiro atoms. The van der Waals surface area contributed by atoms with Crippen LogP contribution in [0.5, 0.6) is 0 Å². The Kier molecular flexibility index (Phi) is 1.34. The maximum absolute atomic E-state index is 6.12. The molecule has 0 aromatic carbocycles. The summed E-state index contributed by atoms with van der Waals surface area (Å²) in [6, 6.07) is 2.28. The predicted molar refractivity (Wildman–Crippen MR) is 51.4 cm³/mol. The van der Waals surface area contributed by atoms with E-state index in [0.29, 0.717) is 0 Å². The Labute approximate surface area is 78.2 Å². The lowest BCUT2D eigenvalue weighted by atomic mass is 10.1. The van der Waals surface area contributed by atoms with E-state index in [9.17, 15) is 0 Å². The molecule has 2 N–H and O–H groups in total. The van der Waals surface area contributed by atoms with Crippen LogP contribution < -0.4 is 5.73 Å². The smallest absolute Gasteiger partial charge is 0.0435 e. The first-order chi connectivity index (χ1) is 6.28. The summed E-state index contributed by atoms with van der Waals surface area (Å²) in [7, 11) is 0. The third-order valence-electron chi connectivity index (χ3n) is 3.28. The Morgan fingerprint density at radius 3 is 2.92 bits per heavy atom. The number of aromatic nitrogens is 1. The third-order valence-corrected chi connectivity index (χ3v) is 3.28. The minimum absolute atomic E-state index is 0.00931. The Morgan fingerprint density at radius 1 is 1.31 bits per heavy atom. The van der Waals surface area contributed by atoms with Crippen LogP contribution in [-0.2, 0) is 18.4 Å². The molecule has 0 unspecified atom stereocenters. The summed E-state index contributed by atoms with van der Waals surface area (Å²) in [5, 5.41) is 0. The van der Waals surface area contributed by atoms with Gasteiger partial charge in [0, 0.05) is 17.4 Å². The fraction of sp³-hybridized carbons (Fsp3) is 0.545. The average molecular weight is 174 g/mol. The zero-order valence-corrected chi connectivity index (χ0v) is 7.71. The molecule has 1 fully saturated rings. The van der Waals surface area contributed by atoms with E-state index >= 15 is 0 Å². The summed E-state index contributed by atoms with van der Waals surface area (Å²) in [4.78, 5) is 4.49. The minimum atomic E-state index is -0.00931. The van der Waals surface area contributed by atoms with Crippen LogP contribution in [0.2, 0.25) is 0 Å². The maximum Gasteiger partial charge on any atom is 0.0435 e. The Balaban J connectivity index is 2.05. The fourth-order valence-electron chi connectivity index (χ4n) is 2.12. The van der Waals surface area contributed by atoms with Crippen LogP contribution in [0, 0.1) is 0 Å². The maximum atomic E-state index is 6.12. The SMILES string of the molecule is NC1(c2cnc3c(c2)CCC3)CC1. The minimum Gasteiger partial charge on any atom is -0.321 e. The molecule has 1 aromatic heterocycles. The Hall–Kier alpha value is -0.890. The van der Waals surface area contributed by atoms with E-state index in [1.807, 2.05) is 6.20 Å². The highest BCUT2D eigenvalue weighted by Crippen LogP contribution is 2.43. The van der Waals surface area contributed by atoms with Gasteiger partial charge in [-0.1, -0.05) is 6.07 Å². The van der Waals surface area contributed by atoms with Crippen LogP contribution in [0.3, 0.4) is 0 Å². The molecule has 0 atom stereocenters. The van der Waals surface area contributed by atoms with Crippen molar-refractivity contribution in [3.8, 4) is 0 Å². The second-order valence-electron chi connectivity index (χ2n) is 4.34. The molecule has 0 aliphatic heterocycles. The molecule has 1 heterocycles. The lowest BCUT2D eigenvalue weighted by molar-refractivity contribution is 0.732. The van der Waals surface area contributed by atoms with Gasteiger partial charge in [-0.3, -0.25) is 4.98 Å². The topological polar surface area (TPSA) is 38.9 Å². The number of aryl methyl sites for hydroxylation is 2. The summed E-state index contributed by atoms with van der Waals surface area (Å²) >= 11 is 0. The number of nitrogens with zero attached hydrogens (tertiary/aromatic N) is 1. The van der Waals surface area contributed by atoms with Gasteiger partial charge in [0.15, 0.2) is 0 Å². The first-order valence-electron chi connectivity index (χ1n) is 5.05. The number of rotatable bonds is 1. The van der Waals surface area contributed by atoms with E-state index in [1.165, 1.54) is 29.7 Å². The lowest BCUT2D eigenvalue weighted by Gasteiger charge is -2.09. The zero-order chi connectivity index (χ0) is 8.89. The number of nitrogens with two attached hydrogens (primary N) is 1. The summed E-state index contributed by atoms with van der Waals surface area (Å²) in [6.07, 6.45) is 7.88. The lowest BCUT2D eigenvalue weighted by Crippen LogP contribution is -2.19. The molecule has 3 rings (SSSR count). The van der Waals surface area contributed by atoms with E-state index in [-0.39, 0.29) is 5.54 Å².